The lowest BCUT2D eigenvalue weighted by Crippen LogP contribution is -2.60. The maximum absolute atomic E-state index is 14.8. The summed E-state index contributed by atoms with van der Waals surface area (Å²) in [6, 6.07) is 22.5. The minimum absolute atomic E-state index is 0.00689. The van der Waals surface area contributed by atoms with Gasteiger partial charge in [-0.25, -0.2) is 18.2 Å². The minimum atomic E-state index is -4.61. The van der Waals surface area contributed by atoms with Gasteiger partial charge in [-0.2, -0.15) is 0 Å². The average Bonchev–Trinajstić information content (AvgIpc) is 4.17. The number of anilines is 1. The number of alkyl carbamates (subject to hydrolysis) is 1. The summed E-state index contributed by atoms with van der Waals surface area (Å²) in [6.07, 6.45) is -0.270. The SMILES string of the molecule is C=CC1CC1(NC(=O)[C@@H]1C[C@@H](Oc2cc(-c3ccccc3)nc3cc(OC)ccc23)CN1C(=O)[C@@H](NC(=O)OC(C)(C)C)C(C)(C)C)C(=O)NS(=O)(=O)C1(C(=O)Nc2ccccc2)CC1. The van der Waals surface area contributed by atoms with Gasteiger partial charge in [-0.3, -0.25) is 23.9 Å². The number of benzene rings is 3. The summed E-state index contributed by atoms with van der Waals surface area (Å²) in [4.78, 5) is 76.5. The van der Waals surface area contributed by atoms with Gasteiger partial charge in [-0.05, 0) is 69.7 Å². The topological polar surface area (TPSA) is 211 Å². The minimum Gasteiger partial charge on any atom is -0.497 e. The number of likely N-dealkylation sites (tertiary alicyclic amines) is 1. The normalized spacial score (nSPS) is 21.6. The molecule has 3 aromatic carbocycles. The molecule has 65 heavy (non-hydrogen) atoms. The van der Waals surface area contributed by atoms with Crippen molar-refractivity contribution >= 4 is 56.3 Å². The molecule has 2 aliphatic carbocycles. The Morgan fingerprint density at radius 1 is 0.908 bits per heavy atom. The molecule has 1 saturated heterocycles. The lowest BCUT2D eigenvalue weighted by molar-refractivity contribution is -0.143. The highest BCUT2D eigenvalue weighted by Gasteiger charge is 2.66. The van der Waals surface area contributed by atoms with Crippen molar-refractivity contribution < 1.29 is 46.6 Å². The number of carbonyl (C=O) groups excluding carboxylic acids is 5. The van der Waals surface area contributed by atoms with Gasteiger partial charge in [0.25, 0.3) is 5.91 Å². The number of fused-ring (bicyclic) bond motifs is 1. The molecule has 2 unspecified atom stereocenters. The van der Waals surface area contributed by atoms with Crippen molar-refractivity contribution in [2.45, 2.75) is 101 Å². The first-order valence-corrected chi connectivity index (χ1v) is 23.0. The average molecular weight is 909 g/mol. The quantitative estimate of drug-likeness (QED) is 0.110. The van der Waals surface area contributed by atoms with E-state index in [9.17, 15) is 32.4 Å². The summed E-state index contributed by atoms with van der Waals surface area (Å²) in [5, 5.41) is 8.78. The van der Waals surface area contributed by atoms with Gasteiger partial charge in [0.05, 0.1) is 24.9 Å². The second-order valence-electron chi connectivity index (χ2n) is 18.9. The molecule has 344 valence electrons. The fraction of sp³-hybridized carbons (Fsp3) is 0.417. The number of amides is 5. The van der Waals surface area contributed by atoms with Crippen LogP contribution < -0.4 is 30.1 Å². The van der Waals surface area contributed by atoms with Crippen LogP contribution in [0.1, 0.15) is 67.2 Å². The molecule has 5 amide bonds. The van der Waals surface area contributed by atoms with Crippen LogP contribution >= 0.6 is 0 Å². The van der Waals surface area contributed by atoms with E-state index in [2.05, 4.69) is 27.3 Å². The zero-order chi connectivity index (χ0) is 47.1. The molecule has 2 saturated carbocycles. The van der Waals surface area contributed by atoms with E-state index in [0.717, 1.165) is 5.56 Å². The van der Waals surface area contributed by atoms with E-state index in [1.54, 1.807) is 97.2 Å². The van der Waals surface area contributed by atoms with Crippen molar-refractivity contribution in [2.75, 3.05) is 19.0 Å². The number of hydrogen-bond acceptors (Lipinski definition) is 11. The van der Waals surface area contributed by atoms with Crippen LogP contribution in [0.3, 0.4) is 0 Å². The van der Waals surface area contributed by atoms with Gasteiger partial charge in [0.2, 0.25) is 27.7 Å². The molecule has 4 aromatic rings. The van der Waals surface area contributed by atoms with E-state index in [0.29, 0.717) is 33.8 Å². The molecular formula is C48H56N6O10S. The van der Waals surface area contributed by atoms with Crippen LogP contribution in [-0.2, 0) is 33.9 Å². The fourth-order valence-corrected chi connectivity index (χ4v) is 9.65. The van der Waals surface area contributed by atoms with E-state index < -0.39 is 85.2 Å². The molecule has 2 heterocycles. The smallest absolute Gasteiger partial charge is 0.408 e. The lowest BCUT2D eigenvalue weighted by Gasteiger charge is -2.36. The Labute approximate surface area is 378 Å². The van der Waals surface area contributed by atoms with Crippen molar-refractivity contribution in [3.63, 3.8) is 0 Å². The summed E-state index contributed by atoms with van der Waals surface area (Å²) < 4.78 is 45.7. The van der Waals surface area contributed by atoms with Gasteiger partial charge < -0.3 is 35.1 Å². The van der Waals surface area contributed by atoms with Crippen LogP contribution in [0, 0.1) is 11.3 Å². The maximum atomic E-state index is 14.8. The predicted molar refractivity (Wildman–Crippen MR) is 244 cm³/mol. The van der Waals surface area contributed by atoms with Crippen molar-refractivity contribution in [3.05, 3.63) is 97.6 Å². The van der Waals surface area contributed by atoms with Crippen LogP contribution in [0.5, 0.6) is 11.5 Å². The molecule has 0 radical (unpaired) electrons. The molecule has 1 aliphatic heterocycles. The highest BCUT2D eigenvalue weighted by molar-refractivity contribution is 7.92. The lowest BCUT2D eigenvalue weighted by atomic mass is 9.85. The van der Waals surface area contributed by atoms with Gasteiger partial charge in [0.15, 0.2) is 4.75 Å². The Morgan fingerprint density at radius 3 is 2.15 bits per heavy atom. The zero-order valence-electron chi connectivity index (χ0n) is 37.6. The number of methoxy groups -OCH3 is 1. The molecule has 0 spiro atoms. The molecule has 0 bridgehead atoms. The number of para-hydroxylation sites is 1. The molecule has 1 aromatic heterocycles. The third-order valence-electron chi connectivity index (χ3n) is 11.9. The Kier molecular flexibility index (Phi) is 12.5. The van der Waals surface area contributed by atoms with E-state index in [1.165, 1.54) is 11.0 Å². The number of rotatable bonds is 14. The Hall–Kier alpha value is -6.49. The first kappa shape index (κ1) is 46.5. The van der Waals surface area contributed by atoms with Crippen LogP contribution in [-0.4, -0.2) is 95.8 Å². The highest BCUT2D eigenvalue weighted by Crippen LogP contribution is 2.48. The Morgan fingerprint density at radius 2 is 1.57 bits per heavy atom. The first-order chi connectivity index (χ1) is 30.6. The fourth-order valence-electron chi connectivity index (χ4n) is 8.10. The van der Waals surface area contributed by atoms with Crippen LogP contribution in [0.2, 0.25) is 0 Å². The molecular weight excluding hydrogens is 853 g/mol. The summed E-state index contributed by atoms with van der Waals surface area (Å²) >= 11 is 0. The second kappa shape index (κ2) is 17.5. The number of aromatic nitrogens is 1. The molecule has 4 N–H and O–H groups in total. The Balaban J connectivity index is 1.19. The van der Waals surface area contributed by atoms with Gasteiger partial charge in [0, 0.05) is 41.1 Å². The summed E-state index contributed by atoms with van der Waals surface area (Å²) in [5.74, 6) is -2.87. The third-order valence-corrected chi connectivity index (χ3v) is 14.0. The molecule has 5 atom stereocenters. The van der Waals surface area contributed by atoms with E-state index in [1.807, 2.05) is 36.4 Å². The summed E-state index contributed by atoms with van der Waals surface area (Å²) in [7, 11) is -3.06. The summed E-state index contributed by atoms with van der Waals surface area (Å²) in [5.41, 5.74) is -1.13. The molecule has 3 fully saturated rings. The van der Waals surface area contributed by atoms with Gasteiger partial charge in [-0.1, -0.05) is 75.4 Å². The number of sulfonamides is 1. The molecule has 17 heteroatoms. The van der Waals surface area contributed by atoms with Gasteiger partial charge in [0.1, 0.15) is 40.8 Å². The standard InChI is InChI=1S/C48H56N6O10S/c1-9-30-27-48(30,43(58)53-65(60,61)47(22-23-47)42(57)49-31-18-14-11-15-19-31)52-40(55)37-25-33(28-54(37)41(56)39(45(2,3)4)51-44(59)64-46(5,6)7)63-38-26-35(29-16-12-10-13-17-29)50-36-24-32(62-8)20-21-34(36)38/h9-21,24,26,30,33,37,39H,1,22-23,25,27-28H2,2-8H3,(H,49,57)(H,51,59)(H,52,55)(H,53,58)/t30?,33-,37+,39-,48?/m1/s1. The molecule has 3 aliphatic rings. The van der Waals surface area contributed by atoms with Crippen LogP contribution in [0.25, 0.3) is 22.2 Å². The Bertz CT molecular complexity index is 2630. The van der Waals surface area contributed by atoms with Crippen molar-refractivity contribution in [3.8, 4) is 22.8 Å². The first-order valence-electron chi connectivity index (χ1n) is 21.5. The van der Waals surface area contributed by atoms with Gasteiger partial charge >= 0.3 is 6.09 Å². The highest BCUT2D eigenvalue weighted by atomic mass is 32.2. The third kappa shape index (κ3) is 9.79. The van der Waals surface area contributed by atoms with Gasteiger partial charge in [-0.15, -0.1) is 6.58 Å². The largest absolute Gasteiger partial charge is 0.497 e. The maximum Gasteiger partial charge on any atom is 0.408 e. The van der Waals surface area contributed by atoms with E-state index in [4.69, 9.17) is 19.2 Å². The zero-order valence-corrected chi connectivity index (χ0v) is 38.4. The van der Waals surface area contributed by atoms with Crippen molar-refractivity contribution in [1.82, 2.24) is 25.2 Å². The van der Waals surface area contributed by atoms with E-state index >= 15 is 0 Å². The van der Waals surface area contributed by atoms with Crippen LogP contribution in [0.4, 0.5) is 10.5 Å². The monoisotopic (exact) mass is 908 g/mol. The second-order valence-corrected chi connectivity index (χ2v) is 20.9. The number of pyridine rings is 1. The number of carbonyl (C=O) groups is 5. The number of nitrogens with zero attached hydrogens (tertiary/aromatic N) is 2. The van der Waals surface area contributed by atoms with E-state index in [-0.39, 0.29) is 32.2 Å². The predicted octanol–water partition coefficient (Wildman–Crippen LogP) is 5.88. The van der Waals surface area contributed by atoms with Crippen molar-refractivity contribution in [2.24, 2.45) is 11.3 Å². The molecule has 7 rings (SSSR count). The van der Waals surface area contributed by atoms with Crippen LogP contribution in [0.15, 0.2) is 97.6 Å². The van der Waals surface area contributed by atoms with Crippen molar-refractivity contribution in [1.29, 1.82) is 0 Å². The number of ether oxygens (including phenoxy) is 3. The number of nitrogens with one attached hydrogen (secondary N) is 4. The summed E-state index contributed by atoms with van der Waals surface area (Å²) in [6.45, 7) is 14.1. The molecule has 16 nitrogen and oxygen atoms in total. The number of hydrogen-bond donors (Lipinski definition) is 4.